The summed E-state index contributed by atoms with van der Waals surface area (Å²) < 4.78 is 0. The van der Waals surface area contributed by atoms with E-state index in [9.17, 15) is 4.79 Å². The van der Waals surface area contributed by atoms with Gasteiger partial charge in [0.15, 0.2) is 0 Å². The van der Waals surface area contributed by atoms with Gasteiger partial charge in [0, 0.05) is 12.8 Å². The van der Waals surface area contributed by atoms with Gasteiger partial charge >= 0.3 is 0 Å². The van der Waals surface area contributed by atoms with Gasteiger partial charge < -0.3 is 4.79 Å². The maximum Gasteiger partial charge on any atom is 0.119 e. The van der Waals surface area contributed by atoms with E-state index in [1.165, 1.54) is 0 Å². The van der Waals surface area contributed by atoms with Crippen LogP contribution in [0.5, 0.6) is 0 Å². The Morgan fingerprint density at radius 3 is 2.67 bits per heavy atom. The molecule has 0 bridgehead atoms. The Kier molecular flexibility index (Phi) is 6.61. The van der Waals surface area contributed by atoms with E-state index in [0.29, 0.717) is 6.42 Å². The molecule has 0 atom stereocenters. The standard InChI is InChI=1S/C8H12O/c1-2-3-4-5-6-7-8-9/h1,8H,3-7H2. The summed E-state index contributed by atoms with van der Waals surface area (Å²) >= 11 is 0. The summed E-state index contributed by atoms with van der Waals surface area (Å²) in [6.45, 7) is 0. The zero-order valence-electron chi connectivity index (χ0n) is 5.60. The molecule has 0 saturated carbocycles. The number of rotatable bonds is 5. The van der Waals surface area contributed by atoms with Crippen LogP contribution in [0.15, 0.2) is 0 Å². The van der Waals surface area contributed by atoms with Gasteiger partial charge in [0.2, 0.25) is 0 Å². The van der Waals surface area contributed by atoms with Crippen LogP contribution < -0.4 is 0 Å². The lowest BCUT2D eigenvalue weighted by Gasteiger charge is -1.90. The van der Waals surface area contributed by atoms with Gasteiger partial charge in [-0.1, -0.05) is 6.42 Å². The molecule has 0 aliphatic rings. The van der Waals surface area contributed by atoms with Crippen molar-refractivity contribution in [3.8, 4) is 12.3 Å². The first-order chi connectivity index (χ1) is 4.41. The Hall–Kier alpha value is -0.770. The summed E-state index contributed by atoms with van der Waals surface area (Å²) in [5.41, 5.74) is 0. The fourth-order valence-corrected chi connectivity index (χ4v) is 0.632. The van der Waals surface area contributed by atoms with E-state index < -0.39 is 0 Å². The van der Waals surface area contributed by atoms with Gasteiger partial charge in [-0.05, 0) is 12.8 Å². The van der Waals surface area contributed by atoms with Gasteiger partial charge in [0.1, 0.15) is 6.29 Å². The molecule has 1 heteroatoms. The van der Waals surface area contributed by atoms with Crippen molar-refractivity contribution >= 4 is 6.29 Å². The Morgan fingerprint density at radius 1 is 1.33 bits per heavy atom. The number of unbranched alkanes of at least 4 members (excludes halogenated alkanes) is 4. The lowest BCUT2D eigenvalue weighted by molar-refractivity contribution is -0.107. The van der Waals surface area contributed by atoms with Crippen LogP contribution in [-0.2, 0) is 4.79 Å². The number of hydrogen-bond donors (Lipinski definition) is 0. The molecule has 0 aliphatic heterocycles. The highest BCUT2D eigenvalue weighted by Gasteiger charge is 1.84. The van der Waals surface area contributed by atoms with Crippen LogP contribution in [0, 0.1) is 12.3 Å². The Labute approximate surface area is 56.5 Å². The van der Waals surface area contributed by atoms with Crippen molar-refractivity contribution in [3.05, 3.63) is 0 Å². The van der Waals surface area contributed by atoms with Crippen molar-refractivity contribution in [2.75, 3.05) is 0 Å². The highest BCUT2D eigenvalue weighted by atomic mass is 16.1. The van der Waals surface area contributed by atoms with Crippen LogP contribution in [0.25, 0.3) is 0 Å². The lowest BCUT2D eigenvalue weighted by Crippen LogP contribution is -1.77. The Morgan fingerprint density at radius 2 is 2.11 bits per heavy atom. The van der Waals surface area contributed by atoms with E-state index >= 15 is 0 Å². The molecule has 0 N–H and O–H groups in total. The van der Waals surface area contributed by atoms with Gasteiger partial charge in [-0.25, -0.2) is 0 Å². The topological polar surface area (TPSA) is 17.1 Å². The Bertz CT molecular complexity index is 99.6. The van der Waals surface area contributed by atoms with Gasteiger partial charge in [0.05, 0.1) is 0 Å². The van der Waals surface area contributed by atoms with Gasteiger partial charge in [0.25, 0.3) is 0 Å². The minimum Gasteiger partial charge on any atom is -0.303 e. The van der Waals surface area contributed by atoms with Crippen molar-refractivity contribution in [3.63, 3.8) is 0 Å². The number of carbonyl (C=O) groups is 1. The van der Waals surface area contributed by atoms with Gasteiger partial charge in [-0.2, -0.15) is 0 Å². The van der Waals surface area contributed by atoms with Crippen LogP contribution >= 0.6 is 0 Å². The fourth-order valence-electron chi connectivity index (χ4n) is 0.632. The molecule has 0 saturated heterocycles. The van der Waals surface area contributed by atoms with Crippen molar-refractivity contribution < 1.29 is 4.79 Å². The number of hydrogen-bond acceptors (Lipinski definition) is 1. The average Bonchev–Trinajstić information content (AvgIpc) is 1.89. The quantitative estimate of drug-likeness (QED) is 0.310. The van der Waals surface area contributed by atoms with E-state index in [1.54, 1.807) is 0 Å². The first kappa shape index (κ1) is 8.23. The van der Waals surface area contributed by atoms with Gasteiger partial charge in [-0.15, -0.1) is 12.3 Å². The predicted octanol–water partition coefficient (Wildman–Crippen LogP) is 1.77. The monoisotopic (exact) mass is 124 g/mol. The van der Waals surface area contributed by atoms with E-state index in [4.69, 9.17) is 6.42 Å². The molecule has 0 fully saturated rings. The maximum absolute atomic E-state index is 9.80. The molecule has 0 rings (SSSR count). The molecule has 1 nitrogen and oxygen atoms in total. The van der Waals surface area contributed by atoms with Crippen LogP contribution in [0.1, 0.15) is 32.1 Å². The molecular formula is C8H12O. The van der Waals surface area contributed by atoms with Crippen LogP contribution in [-0.4, -0.2) is 6.29 Å². The lowest BCUT2D eigenvalue weighted by atomic mass is 10.2. The molecule has 9 heavy (non-hydrogen) atoms. The molecule has 0 aromatic heterocycles. The maximum atomic E-state index is 9.80. The second kappa shape index (κ2) is 7.23. The molecule has 0 spiro atoms. The first-order valence-corrected chi connectivity index (χ1v) is 3.29. The van der Waals surface area contributed by atoms with Crippen molar-refractivity contribution in [2.45, 2.75) is 32.1 Å². The molecular weight excluding hydrogens is 112 g/mol. The summed E-state index contributed by atoms with van der Waals surface area (Å²) in [6.07, 6.45) is 10.6. The largest absolute Gasteiger partial charge is 0.303 e. The number of terminal acetylenes is 1. The molecule has 0 unspecified atom stereocenters. The minimum atomic E-state index is 0.685. The average molecular weight is 124 g/mol. The minimum absolute atomic E-state index is 0.685. The predicted molar refractivity (Wildman–Crippen MR) is 38.0 cm³/mol. The molecule has 0 heterocycles. The van der Waals surface area contributed by atoms with E-state index in [2.05, 4.69) is 5.92 Å². The third-order valence-electron chi connectivity index (χ3n) is 1.14. The van der Waals surface area contributed by atoms with Crippen LogP contribution in [0.2, 0.25) is 0 Å². The fraction of sp³-hybridized carbons (Fsp3) is 0.625. The third kappa shape index (κ3) is 7.23. The van der Waals surface area contributed by atoms with E-state index in [0.717, 1.165) is 32.0 Å². The van der Waals surface area contributed by atoms with E-state index in [-0.39, 0.29) is 0 Å². The van der Waals surface area contributed by atoms with Crippen molar-refractivity contribution in [1.29, 1.82) is 0 Å². The molecule has 0 aromatic carbocycles. The van der Waals surface area contributed by atoms with Crippen molar-refractivity contribution in [2.24, 2.45) is 0 Å². The highest BCUT2D eigenvalue weighted by Crippen LogP contribution is 1.99. The summed E-state index contributed by atoms with van der Waals surface area (Å²) in [7, 11) is 0. The summed E-state index contributed by atoms with van der Waals surface area (Å²) in [6, 6.07) is 0. The Balaban J connectivity index is 2.76. The summed E-state index contributed by atoms with van der Waals surface area (Å²) in [5, 5.41) is 0. The second-order valence-corrected chi connectivity index (χ2v) is 1.97. The zero-order valence-corrected chi connectivity index (χ0v) is 5.60. The first-order valence-electron chi connectivity index (χ1n) is 3.29. The second-order valence-electron chi connectivity index (χ2n) is 1.97. The smallest absolute Gasteiger partial charge is 0.119 e. The summed E-state index contributed by atoms with van der Waals surface area (Å²) in [5.74, 6) is 2.56. The normalized spacial score (nSPS) is 8.33. The SMILES string of the molecule is C#CCCCCCC=O. The molecule has 0 amide bonds. The molecule has 50 valence electrons. The highest BCUT2D eigenvalue weighted by molar-refractivity contribution is 5.48. The molecule has 0 aromatic rings. The van der Waals surface area contributed by atoms with Crippen LogP contribution in [0.3, 0.4) is 0 Å². The number of carbonyl (C=O) groups excluding carboxylic acids is 1. The zero-order chi connectivity index (χ0) is 6.95. The van der Waals surface area contributed by atoms with Gasteiger partial charge in [-0.3, -0.25) is 0 Å². The third-order valence-corrected chi connectivity index (χ3v) is 1.14. The number of aldehydes is 1. The van der Waals surface area contributed by atoms with Crippen molar-refractivity contribution in [1.82, 2.24) is 0 Å². The van der Waals surface area contributed by atoms with Crippen LogP contribution in [0.4, 0.5) is 0 Å². The molecule has 0 radical (unpaired) electrons. The summed E-state index contributed by atoms with van der Waals surface area (Å²) in [4.78, 5) is 9.80. The molecule has 0 aliphatic carbocycles. The van der Waals surface area contributed by atoms with E-state index in [1.807, 2.05) is 0 Å².